The topological polar surface area (TPSA) is 79.7 Å². The Hall–Kier alpha value is -2.59. The molecule has 1 fully saturated rings. The number of benzene rings is 1. The maximum atomic E-state index is 12.4. The molecule has 1 N–H and O–H groups in total. The summed E-state index contributed by atoms with van der Waals surface area (Å²) in [5, 5.41) is 11.9. The first-order valence-corrected chi connectivity index (χ1v) is 8.44. The second-order valence-corrected chi connectivity index (χ2v) is 6.34. The zero-order valence-electron chi connectivity index (χ0n) is 14.9. The summed E-state index contributed by atoms with van der Waals surface area (Å²) >= 11 is 0. The number of rotatable bonds is 5. The maximum Gasteiger partial charge on any atom is 0.241 e. The Morgan fingerprint density at radius 3 is 2.52 bits per heavy atom. The third-order valence-corrected chi connectivity index (χ3v) is 4.26. The van der Waals surface area contributed by atoms with Gasteiger partial charge in [-0.1, -0.05) is 0 Å². The number of hydrogen-bond acceptors (Lipinski definition) is 5. The van der Waals surface area contributed by atoms with Crippen LogP contribution in [0.15, 0.2) is 24.3 Å². The van der Waals surface area contributed by atoms with Crippen molar-refractivity contribution in [3.05, 3.63) is 29.8 Å². The standard InChI is InChI=1S/C18H25N5O2/c1-21(2)18(25)14-22-8-3-9-23(11-10-22)17(24)13-20-16-6-4-15(12-19)5-7-16/h4-7,20H,3,8-11,13-14H2,1-2H3. The number of amides is 2. The van der Waals surface area contributed by atoms with Crippen LogP contribution in [0.3, 0.4) is 0 Å². The van der Waals surface area contributed by atoms with E-state index in [1.165, 1.54) is 0 Å². The van der Waals surface area contributed by atoms with Crippen LogP contribution in [-0.4, -0.2) is 79.9 Å². The van der Waals surface area contributed by atoms with Gasteiger partial charge < -0.3 is 15.1 Å². The van der Waals surface area contributed by atoms with Crippen LogP contribution in [0.2, 0.25) is 0 Å². The Morgan fingerprint density at radius 1 is 1.16 bits per heavy atom. The van der Waals surface area contributed by atoms with Crippen LogP contribution in [0.25, 0.3) is 0 Å². The Labute approximate surface area is 148 Å². The smallest absolute Gasteiger partial charge is 0.241 e. The van der Waals surface area contributed by atoms with Gasteiger partial charge in [0.15, 0.2) is 0 Å². The number of nitrogens with zero attached hydrogens (tertiary/aromatic N) is 4. The van der Waals surface area contributed by atoms with Crippen molar-refractivity contribution in [1.82, 2.24) is 14.7 Å². The first-order valence-electron chi connectivity index (χ1n) is 8.44. The van der Waals surface area contributed by atoms with Gasteiger partial charge in [-0.05, 0) is 30.7 Å². The van der Waals surface area contributed by atoms with Crippen LogP contribution in [0.1, 0.15) is 12.0 Å². The zero-order chi connectivity index (χ0) is 18.2. The average Bonchev–Trinajstić information content (AvgIpc) is 2.85. The fourth-order valence-corrected chi connectivity index (χ4v) is 2.66. The molecule has 1 aromatic rings. The van der Waals surface area contributed by atoms with Crippen LogP contribution in [0, 0.1) is 11.3 Å². The summed E-state index contributed by atoms with van der Waals surface area (Å²) in [6, 6.07) is 9.10. The van der Waals surface area contributed by atoms with Gasteiger partial charge >= 0.3 is 0 Å². The summed E-state index contributed by atoms with van der Waals surface area (Å²) in [7, 11) is 3.51. The lowest BCUT2D eigenvalue weighted by Crippen LogP contribution is -2.40. The second-order valence-electron chi connectivity index (χ2n) is 6.34. The van der Waals surface area contributed by atoms with Gasteiger partial charge in [0.2, 0.25) is 11.8 Å². The van der Waals surface area contributed by atoms with Crippen LogP contribution in [0.4, 0.5) is 5.69 Å². The molecule has 1 aliphatic heterocycles. The molecule has 25 heavy (non-hydrogen) atoms. The normalized spacial score (nSPS) is 15.2. The largest absolute Gasteiger partial charge is 0.376 e. The van der Waals surface area contributed by atoms with E-state index in [2.05, 4.69) is 16.3 Å². The summed E-state index contributed by atoms with van der Waals surface area (Å²) in [6.45, 7) is 3.50. The molecule has 1 aliphatic rings. The van der Waals surface area contributed by atoms with Crippen molar-refractivity contribution in [3.63, 3.8) is 0 Å². The molecular formula is C18H25N5O2. The molecule has 0 aliphatic carbocycles. The molecule has 0 saturated carbocycles. The van der Waals surface area contributed by atoms with Crippen molar-refractivity contribution < 1.29 is 9.59 Å². The number of hydrogen-bond donors (Lipinski definition) is 1. The van der Waals surface area contributed by atoms with E-state index >= 15 is 0 Å². The van der Waals surface area contributed by atoms with E-state index < -0.39 is 0 Å². The first-order chi connectivity index (χ1) is 12.0. The lowest BCUT2D eigenvalue weighted by atomic mass is 10.2. The van der Waals surface area contributed by atoms with Gasteiger partial charge in [0, 0.05) is 46.0 Å². The molecule has 0 unspecified atom stereocenters. The number of nitrogens with one attached hydrogen (secondary N) is 1. The highest BCUT2D eigenvalue weighted by atomic mass is 16.2. The number of anilines is 1. The highest BCUT2D eigenvalue weighted by molar-refractivity contribution is 5.81. The van der Waals surface area contributed by atoms with Crippen molar-refractivity contribution in [3.8, 4) is 6.07 Å². The molecule has 0 spiro atoms. The lowest BCUT2D eigenvalue weighted by Gasteiger charge is -2.23. The third-order valence-electron chi connectivity index (χ3n) is 4.26. The molecule has 2 amide bonds. The van der Waals surface area contributed by atoms with E-state index in [0.717, 1.165) is 18.7 Å². The summed E-state index contributed by atoms with van der Waals surface area (Å²) < 4.78 is 0. The Balaban J connectivity index is 1.80. The number of nitriles is 1. The zero-order valence-corrected chi connectivity index (χ0v) is 14.9. The van der Waals surface area contributed by atoms with E-state index in [4.69, 9.17) is 5.26 Å². The highest BCUT2D eigenvalue weighted by Crippen LogP contribution is 2.09. The van der Waals surface area contributed by atoms with E-state index in [1.807, 2.05) is 4.90 Å². The highest BCUT2D eigenvalue weighted by Gasteiger charge is 2.20. The summed E-state index contributed by atoms with van der Waals surface area (Å²) in [6.07, 6.45) is 0.864. The molecule has 7 heteroatoms. The molecule has 2 rings (SSSR count). The predicted octanol–water partition coefficient (Wildman–Crippen LogP) is 0.593. The van der Waals surface area contributed by atoms with Crippen LogP contribution < -0.4 is 5.32 Å². The van der Waals surface area contributed by atoms with Gasteiger partial charge in [-0.15, -0.1) is 0 Å². The molecule has 1 heterocycles. The molecule has 0 radical (unpaired) electrons. The quantitative estimate of drug-likeness (QED) is 0.847. The van der Waals surface area contributed by atoms with Crippen molar-refractivity contribution in [2.24, 2.45) is 0 Å². The van der Waals surface area contributed by atoms with Gasteiger partial charge in [0.25, 0.3) is 0 Å². The van der Waals surface area contributed by atoms with Crippen LogP contribution >= 0.6 is 0 Å². The monoisotopic (exact) mass is 343 g/mol. The Bertz CT molecular complexity index is 636. The van der Waals surface area contributed by atoms with Crippen LogP contribution in [0.5, 0.6) is 0 Å². The molecule has 0 aromatic heterocycles. The number of likely N-dealkylation sites (N-methyl/N-ethyl adjacent to an activating group) is 1. The molecule has 1 aromatic carbocycles. The third kappa shape index (κ3) is 5.76. The average molecular weight is 343 g/mol. The Morgan fingerprint density at radius 2 is 1.88 bits per heavy atom. The number of carbonyl (C=O) groups excluding carboxylic acids is 2. The van der Waals surface area contributed by atoms with Gasteiger partial charge in [0.1, 0.15) is 0 Å². The van der Waals surface area contributed by atoms with Crippen molar-refractivity contribution in [2.75, 3.05) is 58.7 Å². The maximum absolute atomic E-state index is 12.4. The van der Waals surface area contributed by atoms with E-state index in [-0.39, 0.29) is 18.4 Å². The lowest BCUT2D eigenvalue weighted by molar-refractivity contribution is -0.129. The second kappa shape index (κ2) is 9.04. The molecule has 7 nitrogen and oxygen atoms in total. The molecule has 134 valence electrons. The SMILES string of the molecule is CN(C)C(=O)CN1CCCN(C(=O)CNc2ccc(C#N)cc2)CC1. The van der Waals surface area contributed by atoms with Crippen molar-refractivity contribution >= 4 is 17.5 Å². The van der Waals surface area contributed by atoms with E-state index in [9.17, 15) is 9.59 Å². The molecule has 0 atom stereocenters. The van der Waals surface area contributed by atoms with Gasteiger partial charge in [-0.25, -0.2) is 0 Å². The summed E-state index contributed by atoms with van der Waals surface area (Å²) in [5.41, 5.74) is 1.41. The number of carbonyl (C=O) groups is 2. The summed E-state index contributed by atoms with van der Waals surface area (Å²) in [5.74, 6) is 0.132. The predicted molar refractivity (Wildman–Crippen MR) is 96.0 cm³/mol. The van der Waals surface area contributed by atoms with E-state index in [0.29, 0.717) is 31.7 Å². The first kappa shape index (κ1) is 18.7. The minimum atomic E-state index is 0.0464. The minimum Gasteiger partial charge on any atom is -0.376 e. The van der Waals surface area contributed by atoms with Gasteiger partial charge in [-0.3, -0.25) is 14.5 Å². The Kier molecular flexibility index (Phi) is 6.78. The van der Waals surface area contributed by atoms with Crippen molar-refractivity contribution in [1.29, 1.82) is 5.26 Å². The van der Waals surface area contributed by atoms with Gasteiger partial charge in [-0.2, -0.15) is 5.26 Å². The van der Waals surface area contributed by atoms with E-state index in [1.54, 1.807) is 43.3 Å². The van der Waals surface area contributed by atoms with Crippen LogP contribution in [-0.2, 0) is 9.59 Å². The fraction of sp³-hybridized carbons (Fsp3) is 0.500. The minimum absolute atomic E-state index is 0.0464. The molecule has 1 saturated heterocycles. The summed E-state index contributed by atoms with van der Waals surface area (Å²) in [4.78, 5) is 29.8. The molecular weight excluding hydrogens is 318 g/mol. The fourth-order valence-electron chi connectivity index (χ4n) is 2.66. The van der Waals surface area contributed by atoms with Crippen molar-refractivity contribution in [2.45, 2.75) is 6.42 Å². The molecule has 0 bridgehead atoms. The van der Waals surface area contributed by atoms with Gasteiger partial charge in [0.05, 0.1) is 24.7 Å².